The number of aliphatic carboxylic acids is 1. The summed E-state index contributed by atoms with van der Waals surface area (Å²) in [5, 5.41) is 21.4. The number of imidazole rings is 1. The molecule has 2 aromatic heterocycles. The van der Waals surface area contributed by atoms with Crippen molar-refractivity contribution in [2.45, 2.75) is 38.8 Å². The molecule has 13 heteroatoms. The summed E-state index contributed by atoms with van der Waals surface area (Å²) in [6, 6.07) is 9.85. The van der Waals surface area contributed by atoms with Gasteiger partial charge in [0, 0.05) is 12.2 Å². The van der Waals surface area contributed by atoms with Crippen molar-refractivity contribution < 1.29 is 29.0 Å². The van der Waals surface area contributed by atoms with E-state index in [1.807, 2.05) is 6.07 Å². The molecular formula is C26H28ClN5O6S. The molecule has 2 heterocycles. The summed E-state index contributed by atoms with van der Waals surface area (Å²) in [5.41, 5.74) is 0.944. The molecule has 0 aliphatic rings. The number of carboxylic acids is 1. The Hall–Kier alpha value is -4.08. The third-order valence-electron chi connectivity index (χ3n) is 5.80. The van der Waals surface area contributed by atoms with E-state index in [0.29, 0.717) is 27.1 Å². The minimum atomic E-state index is -1.17. The van der Waals surface area contributed by atoms with Crippen molar-refractivity contribution in [2.24, 2.45) is 0 Å². The number of amides is 2. The van der Waals surface area contributed by atoms with Gasteiger partial charge in [0.05, 0.1) is 41.8 Å². The molecule has 0 spiro atoms. The minimum Gasteiger partial charge on any atom is -0.493 e. The molecule has 0 fully saturated rings. The standard InChI is InChI=1S/C26H28ClN5O6S/c1-15(2)32(25(36)17(12-24(34)35)16-5-6-19(37-3)20(11-16)38-4)14-23(33)30-26-29-18(13-31(26)10-9-28)21-7-8-22(27)39-21/h5-8,11,13,15,17H,10,12,14H2,1-4H3,(H,34,35)(H,29,30,33). The van der Waals surface area contributed by atoms with Crippen LogP contribution in [0.4, 0.5) is 5.95 Å². The van der Waals surface area contributed by atoms with E-state index in [-0.39, 0.29) is 19.0 Å². The molecule has 3 aromatic rings. The normalized spacial score (nSPS) is 11.5. The number of carboxylic acid groups (broad SMARTS) is 1. The van der Waals surface area contributed by atoms with Crippen LogP contribution >= 0.6 is 22.9 Å². The number of ether oxygens (including phenoxy) is 2. The third-order valence-corrected chi connectivity index (χ3v) is 7.06. The second-order valence-corrected chi connectivity index (χ2v) is 10.4. The lowest BCUT2D eigenvalue weighted by atomic mass is 9.93. The number of carbonyl (C=O) groups is 3. The Balaban J connectivity index is 1.86. The van der Waals surface area contributed by atoms with E-state index in [1.54, 1.807) is 50.4 Å². The summed E-state index contributed by atoms with van der Waals surface area (Å²) >= 11 is 7.33. The zero-order valence-corrected chi connectivity index (χ0v) is 23.4. The number of hydrogen-bond acceptors (Lipinski definition) is 8. The molecular weight excluding hydrogens is 546 g/mol. The van der Waals surface area contributed by atoms with Crippen molar-refractivity contribution in [3.8, 4) is 28.1 Å². The van der Waals surface area contributed by atoms with Crippen LogP contribution in [0.2, 0.25) is 4.34 Å². The molecule has 1 atom stereocenters. The van der Waals surface area contributed by atoms with Crippen LogP contribution < -0.4 is 14.8 Å². The maximum atomic E-state index is 13.7. The molecule has 11 nitrogen and oxygen atoms in total. The summed E-state index contributed by atoms with van der Waals surface area (Å²) in [6.07, 6.45) is 1.14. The van der Waals surface area contributed by atoms with E-state index >= 15 is 0 Å². The number of nitriles is 1. The van der Waals surface area contributed by atoms with Gasteiger partial charge in [-0.3, -0.25) is 19.7 Å². The van der Waals surface area contributed by atoms with E-state index in [2.05, 4.69) is 10.3 Å². The second-order valence-electron chi connectivity index (χ2n) is 8.71. The van der Waals surface area contributed by atoms with Crippen LogP contribution in [0.25, 0.3) is 10.6 Å². The minimum absolute atomic E-state index is 0.0610. The predicted octanol–water partition coefficient (Wildman–Crippen LogP) is 4.24. The Morgan fingerprint density at radius 1 is 1.21 bits per heavy atom. The fraction of sp³-hybridized carbons (Fsp3) is 0.346. The molecule has 0 saturated heterocycles. The van der Waals surface area contributed by atoms with Crippen molar-refractivity contribution in [1.29, 1.82) is 5.26 Å². The highest BCUT2D eigenvalue weighted by Gasteiger charge is 2.32. The highest BCUT2D eigenvalue weighted by atomic mass is 35.5. The van der Waals surface area contributed by atoms with Crippen molar-refractivity contribution in [2.75, 3.05) is 26.1 Å². The smallest absolute Gasteiger partial charge is 0.304 e. The SMILES string of the molecule is COc1ccc(C(CC(=O)O)C(=O)N(CC(=O)Nc2nc(-c3ccc(Cl)s3)cn2CC#N)C(C)C)cc1OC. The maximum Gasteiger partial charge on any atom is 0.304 e. The summed E-state index contributed by atoms with van der Waals surface area (Å²) in [7, 11) is 2.91. The molecule has 1 unspecified atom stereocenters. The zero-order chi connectivity index (χ0) is 28.7. The Labute approximate surface area is 234 Å². The average Bonchev–Trinajstić information content (AvgIpc) is 3.50. The molecule has 0 aliphatic heterocycles. The first-order valence-corrected chi connectivity index (χ1v) is 13.0. The van der Waals surface area contributed by atoms with Gasteiger partial charge in [-0.05, 0) is 43.7 Å². The van der Waals surface area contributed by atoms with Gasteiger partial charge in [0.2, 0.25) is 17.8 Å². The monoisotopic (exact) mass is 573 g/mol. The number of halogens is 1. The lowest BCUT2D eigenvalue weighted by molar-refractivity contribution is -0.143. The van der Waals surface area contributed by atoms with Gasteiger partial charge in [-0.25, -0.2) is 4.98 Å². The quantitative estimate of drug-likeness (QED) is 0.327. The van der Waals surface area contributed by atoms with E-state index < -0.39 is 36.2 Å². The van der Waals surface area contributed by atoms with Crippen LogP contribution in [0.15, 0.2) is 36.5 Å². The molecule has 39 heavy (non-hydrogen) atoms. The molecule has 1 aromatic carbocycles. The van der Waals surface area contributed by atoms with Gasteiger partial charge in [0.1, 0.15) is 18.8 Å². The summed E-state index contributed by atoms with van der Waals surface area (Å²) in [5.74, 6) is -2.43. The lowest BCUT2D eigenvalue weighted by Gasteiger charge is -2.30. The van der Waals surface area contributed by atoms with E-state index in [1.165, 1.54) is 35.0 Å². The van der Waals surface area contributed by atoms with Crippen LogP contribution in [0, 0.1) is 11.3 Å². The Morgan fingerprint density at radius 2 is 1.92 bits per heavy atom. The number of carbonyl (C=O) groups excluding carboxylic acids is 2. The summed E-state index contributed by atoms with van der Waals surface area (Å²) in [4.78, 5) is 44.9. The fourth-order valence-electron chi connectivity index (χ4n) is 3.91. The van der Waals surface area contributed by atoms with Gasteiger partial charge in [-0.2, -0.15) is 5.26 Å². The zero-order valence-electron chi connectivity index (χ0n) is 21.8. The van der Waals surface area contributed by atoms with Gasteiger partial charge in [-0.1, -0.05) is 17.7 Å². The summed E-state index contributed by atoms with van der Waals surface area (Å²) in [6.45, 7) is 3.04. The molecule has 206 valence electrons. The topological polar surface area (TPSA) is 147 Å². The van der Waals surface area contributed by atoms with Gasteiger partial charge < -0.3 is 24.0 Å². The van der Waals surface area contributed by atoms with Crippen molar-refractivity contribution >= 4 is 46.7 Å². The molecule has 2 N–H and O–H groups in total. The first-order chi connectivity index (χ1) is 18.6. The number of aromatic nitrogens is 2. The molecule has 2 amide bonds. The molecule has 0 radical (unpaired) electrons. The largest absolute Gasteiger partial charge is 0.493 e. The number of nitrogens with zero attached hydrogens (tertiary/aromatic N) is 4. The average molecular weight is 574 g/mol. The predicted molar refractivity (Wildman–Crippen MR) is 146 cm³/mol. The Morgan fingerprint density at radius 3 is 2.49 bits per heavy atom. The number of anilines is 1. The number of rotatable bonds is 12. The van der Waals surface area contributed by atoms with Gasteiger partial charge in [-0.15, -0.1) is 11.3 Å². The summed E-state index contributed by atoms with van der Waals surface area (Å²) < 4.78 is 12.6. The molecule has 3 rings (SSSR count). The Bertz CT molecular complexity index is 1400. The first kappa shape index (κ1) is 29.5. The van der Waals surface area contributed by atoms with Crippen molar-refractivity contribution in [3.63, 3.8) is 0 Å². The van der Waals surface area contributed by atoms with Crippen molar-refractivity contribution in [3.05, 3.63) is 46.4 Å². The number of benzene rings is 1. The number of methoxy groups -OCH3 is 2. The van der Waals surface area contributed by atoms with Crippen molar-refractivity contribution in [1.82, 2.24) is 14.5 Å². The van der Waals surface area contributed by atoms with Crippen LogP contribution in [0.1, 0.15) is 31.7 Å². The molecule has 0 bridgehead atoms. The lowest BCUT2D eigenvalue weighted by Crippen LogP contribution is -2.45. The third kappa shape index (κ3) is 7.28. The highest BCUT2D eigenvalue weighted by Crippen LogP contribution is 2.33. The van der Waals surface area contributed by atoms with Gasteiger partial charge >= 0.3 is 5.97 Å². The maximum absolute atomic E-state index is 13.7. The first-order valence-electron chi connectivity index (χ1n) is 11.8. The number of hydrogen-bond donors (Lipinski definition) is 2. The highest BCUT2D eigenvalue weighted by molar-refractivity contribution is 7.19. The van der Waals surface area contributed by atoms with E-state index in [9.17, 15) is 24.8 Å². The van der Waals surface area contributed by atoms with Gasteiger partial charge in [0.15, 0.2) is 11.5 Å². The number of thiophene rings is 1. The van der Waals surface area contributed by atoms with Crippen LogP contribution in [0.5, 0.6) is 11.5 Å². The van der Waals surface area contributed by atoms with E-state index in [0.717, 1.165) is 4.88 Å². The van der Waals surface area contributed by atoms with Crippen LogP contribution in [-0.2, 0) is 20.9 Å². The Kier molecular flexibility index (Phi) is 9.92. The van der Waals surface area contributed by atoms with E-state index in [4.69, 9.17) is 21.1 Å². The second kappa shape index (κ2) is 13.1. The molecule has 0 saturated carbocycles. The fourth-order valence-corrected chi connectivity index (χ4v) is 4.91. The van der Waals surface area contributed by atoms with Crippen LogP contribution in [-0.4, -0.2) is 64.1 Å². The number of nitrogens with one attached hydrogen (secondary N) is 1. The van der Waals surface area contributed by atoms with Crippen LogP contribution in [0.3, 0.4) is 0 Å². The van der Waals surface area contributed by atoms with Gasteiger partial charge in [0.25, 0.3) is 0 Å². The molecule has 0 aliphatic carbocycles.